The van der Waals surface area contributed by atoms with E-state index in [1.165, 1.54) is 12.1 Å². The van der Waals surface area contributed by atoms with Crippen LogP contribution in [0.25, 0.3) is 6.08 Å². The van der Waals surface area contributed by atoms with Gasteiger partial charge in [0.25, 0.3) is 0 Å². The van der Waals surface area contributed by atoms with Gasteiger partial charge < -0.3 is 5.32 Å². The number of amides is 1. The van der Waals surface area contributed by atoms with Crippen molar-refractivity contribution < 1.29 is 13.6 Å². The van der Waals surface area contributed by atoms with Crippen LogP contribution in [0.15, 0.2) is 24.3 Å². The maximum Gasteiger partial charge on any atom is 0.244 e. The van der Waals surface area contributed by atoms with Gasteiger partial charge in [-0.05, 0) is 44.0 Å². The largest absolute Gasteiger partial charge is 0.346 e. The number of halogens is 3. The maximum absolute atomic E-state index is 13.3. The first-order valence-corrected chi connectivity index (χ1v) is 8.87. The summed E-state index contributed by atoms with van der Waals surface area (Å²) >= 11 is 6.32. The number of rotatable bonds is 7. The molecular formula is C19H22ClF2N3O. The predicted octanol–water partition coefficient (Wildman–Crippen LogP) is 4.81. The monoisotopic (exact) mass is 381 g/mol. The Bertz CT molecular complexity index is 817. The van der Waals surface area contributed by atoms with Crippen molar-refractivity contribution in [3.63, 3.8) is 0 Å². The van der Waals surface area contributed by atoms with Gasteiger partial charge in [0.1, 0.15) is 5.15 Å². The molecule has 0 aliphatic carbocycles. The summed E-state index contributed by atoms with van der Waals surface area (Å²) in [5, 5.41) is 7.58. The molecule has 0 fully saturated rings. The van der Waals surface area contributed by atoms with Gasteiger partial charge in [-0.1, -0.05) is 31.0 Å². The van der Waals surface area contributed by atoms with Crippen LogP contribution in [0.1, 0.15) is 49.6 Å². The number of carbonyl (C=O) groups is 1. The van der Waals surface area contributed by atoms with E-state index in [9.17, 15) is 13.6 Å². The van der Waals surface area contributed by atoms with Gasteiger partial charge in [-0.3, -0.25) is 9.48 Å². The summed E-state index contributed by atoms with van der Waals surface area (Å²) in [6, 6.07) is 3.08. The lowest BCUT2D eigenvalue weighted by Gasteiger charge is -2.13. The Labute approximate surface area is 156 Å². The first-order valence-electron chi connectivity index (χ1n) is 8.50. The van der Waals surface area contributed by atoms with Crippen LogP contribution in [0, 0.1) is 18.6 Å². The molecule has 0 saturated carbocycles. The first-order chi connectivity index (χ1) is 12.3. The number of aryl methyl sites for hydroxylation is 2. The molecule has 2 aromatic rings. The minimum atomic E-state index is -0.943. The lowest BCUT2D eigenvalue weighted by atomic mass is 10.1. The normalized spacial score (nSPS) is 12.5. The summed E-state index contributed by atoms with van der Waals surface area (Å²) in [6.07, 6.45) is 4.97. The number of hydrogen-bond acceptors (Lipinski definition) is 2. The van der Waals surface area contributed by atoms with E-state index >= 15 is 0 Å². The van der Waals surface area contributed by atoms with E-state index in [1.54, 1.807) is 17.7 Å². The predicted molar refractivity (Wildman–Crippen MR) is 98.8 cm³/mol. The summed E-state index contributed by atoms with van der Waals surface area (Å²) in [5.74, 6) is -2.22. The van der Waals surface area contributed by atoms with Crippen molar-refractivity contribution in [1.82, 2.24) is 15.1 Å². The molecule has 7 heteroatoms. The van der Waals surface area contributed by atoms with Gasteiger partial charge in [-0.15, -0.1) is 0 Å². The quantitative estimate of drug-likeness (QED) is 0.699. The fourth-order valence-electron chi connectivity index (χ4n) is 2.50. The third-order valence-corrected chi connectivity index (χ3v) is 4.44. The zero-order chi connectivity index (χ0) is 19.3. The van der Waals surface area contributed by atoms with E-state index in [2.05, 4.69) is 17.3 Å². The minimum Gasteiger partial charge on any atom is -0.346 e. The fourth-order valence-corrected chi connectivity index (χ4v) is 2.82. The molecule has 1 amide bonds. The molecule has 0 radical (unpaired) electrons. The molecule has 1 aromatic heterocycles. The minimum absolute atomic E-state index is 0.362. The van der Waals surface area contributed by atoms with Crippen LogP contribution >= 0.6 is 11.6 Å². The van der Waals surface area contributed by atoms with Gasteiger partial charge in [-0.25, -0.2) is 8.78 Å². The van der Waals surface area contributed by atoms with Crippen molar-refractivity contribution >= 4 is 23.6 Å². The molecule has 1 aromatic carbocycles. The highest BCUT2D eigenvalue weighted by atomic mass is 35.5. The van der Waals surface area contributed by atoms with Crippen molar-refractivity contribution in [3.8, 4) is 0 Å². The van der Waals surface area contributed by atoms with Crippen LogP contribution in [-0.2, 0) is 11.3 Å². The van der Waals surface area contributed by atoms with E-state index in [-0.39, 0.29) is 5.91 Å². The second kappa shape index (κ2) is 8.94. The highest BCUT2D eigenvalue weighted by Crippen LogP contribution is 2.22. The Morgan fingerprint density at radius 3 is 2.77 bits per heavy atom. The smallest absolute Gasteiger partial charge is 0.244 e. The van der Waals surface area contributed by atoms with Crippen LogP contribution in [0.3, 0.4) is 0 Å². The number of benzene rings is 1. The summed E-state index contributed by atoms with van der Waals surface area (Å²) in [4.78, 5) is 12.1. The molecule has 140 valence electrons. The van der Waals surface area contributed by atoms with E-state index < -0.39 is 17.7 Å². The number of nitrogens with one attached hydrogen (secondary N) is 1. The Morgan fingerprint density at radius 2 is 2.12 bits per heavy atom. The van der Waals surface area contributed by atoms with Gasteiger partial charge in [0.05, 0.1) is 11.7 Å². The fraction of sp³-hybridized carbons (Fsp3) is 0.368. The van der Waals surface area contributed by atoms with Crippen molar-refractivity contribution in [2.24, 2.45) is 0 Å². The molecular weight excluding hydrogens is 360 g/mol. The third-order valence-electron chi connectivity index (χ3n) is 4.04. The maximum atomic E-state index is 13.3. The summed E-state index contributed by atoms with van der Waals surface area (Å²) in [6.45, 7) is 6.34. The van der Waals surface area contributed by atoms with Gasteiger partial charge in [-0.2, -0.15) is 5.10 Å². The van der Waals surface area contributed by atoms with Crippen molar-refractivity contribution in [3.05, 3.63) is 57.9 Å². The molecule has 1 atom stereocenters. The molecule has 0 unspecified atom stereocenters. The summed E-state index contributed by atoms with van der Waals surface area (Å²) in [5.41, 5.74) is 1.91. The van der Waals surface area contributed by atoms with E-state index in [0.717, 1.165) is 37.2 Å². The highest BCUT2D eigenvalue weighted by molar-refractivity contribution is 6.31. The lowest BCUT2D eigenvalue weighted by Crippen LogP contribution is -2.24. The topological polar surface area (TPSA) is 46.9 Å². The Balaban J connectivity index is 2.05. The van der Waals surface area contributed by atoms with Crippen LogP contribution in [0.4, 0.5) is 8.78 Å². The third kappa shape index (κ3) is 4.91. The number of hydrogen-bond donors (Lipinski definition) is 1. The summed E-state index contributed by atoms with van der Waals surface area (Å²) in [7, 11) is 0. The first kappa shape index (κ1) is 20.1. The SMILES string of the molecule is CCCCn1nc(C)c(/C=C\C(=O)N[C@H](C)c2ccc(F)c(F)c2)c1Cl. The number of unbranched alkanes of at least 4 members (excludes halogenated alkanes) is 1. The number of aromatic nitrogens is 2. The highest BCUT2D eigenvalue weighted by Gasteiger charge is 2.13. The average molecular weight is 382 g/mol. The Kier molecular flexibility index (Phi) is 6.91. The molecule has 0 bridgehead atoms. The second-order valence-corrected chi connectivity index (χ2v) is 6.46. The molecule has 1 heterocycles. The van der Waals surface area contributed by atoms with Gasteiger partial charge in [0.15, 0.2) is 11.6 Å². The van der Waals surface area contributed by atoms with Crippen molar-refractivity contribution in [2.75, 3.05) is 0 Å². The molecule has 2 rings (SSSR count). The molecule has 0 spiro atoms. The van der Waals surface area contributed by atoms with Crippen LogP contribution in [0.5, 0.6) is 0 Å². The van der Waals surface area contributed by atoms with Gasteiger partial charge >= 0.3 is 0 Å². The zero-order valence-corrected chi connectivity index (χ0v) is 15.8. The standard InChI is InChI=1S/C19H22ClF2N3O/c1-4-5-10-25-19(20)15(13(3)24-25)7-9-18(26)23-12(2)14-6-8-16(21)17(22)11-14/h6-9,11-12H,4-5,10H2,1-3H3,(H,23,26)/b9-7-/t12-/m1/s1. The number of carbonyl (C=O) groups excluding carboxylic acids is 1. The molecule has 4 nitrogen and oxygen atoms in total. The molecule has 0 saturated heterocycles. The second-order valence-electron chi connectivity index (χ2n) is 6.10. The van der Waals surface area contributed by atoms with Crippen molar-refractivity contribution in [2.45, 2.75) is 46.2 Å². The Morgan fingerprint density at radius 1 is 1.38 bits per heavy atom. The summed E-state index contributed by atoms with van der Waals surface area (Å²) < 4.78 is 28.0. The molecule has 0 aliphatic heterocycles. The van der Waals surface area contributed by atoms with E-state index in [1.807, 2.05) is 6.92 Å². The van der Waals surface area contributed by atoms with Crippen LogP contribution in [-0.4, -0.2) is 15.7 Å². The lowest BCUT2D eigenvalue weighted by molar-refractivity contribution is -0.117. The molecule has 26 heavy (non-hydrogen) atoms. The average Bonchev–Trinajstić information content (AvgIpc) is 2.87. The van der Waals surface area contributed by atoms with Gasteiger partial charge in [0, 0.05) is 18.2 Å². The zero-order valence-electron chi connectivity index (χ0n) is 15.0. The molecule has 1 N–H and O–H groups in total. The van der Waals surface area contributed by atoms with Gasteiger partial charge in [0.2, 0.25) is 5.91 Å². The van der Waals surface area contributed by atoms with E-state index in [4.69, 9.17) is 11.6 Å². The van der Waals surface area contributed by atoms with Crippen LogP contribution < -0.4 is 5.32 Å². The van der Waals surface area contributed by atoms with E-state index in [0.29, 0.717) is 16.3 Å². The Hall–Kier alpha value is -2.21. The van der Waals surface area contributed by atoms with Crippen LogP contribution in [0.2, 0.25) is 5.15 Å². The molecule has 0 aliphatic rings. The van der Waals surface area contributed by atoms with Crippen molar-refractivity contribution in [1.29, 1.82) is 0 Å². The number of nitrogens with zero attached hydrogens (tertiary/aromatic N) is 2.